The number of benzene rings is 2. The van der Waals surface area contributed by atoms with Crippen LogP contribution in [0.2, 0.25) is 0 Å². The lowest BCUT2D eigenvalue weighted by molar-refractivity contribution is -0.118. The van der Waals surface area contributed by atoms with Crippen molar-refractivity contribution < 1.29 is 32.3 Å². The fraction of sp³-hybridized carbons (Fsp3) is 0.211. The molecular formula is C19H18N2O7S. The standard InChI is InChI=1S/C19H18N2O7S/c1-27-14-5-3-13(4-6-14)20-19(24)11-29(25,26)10-16(22)12-2-7-17-15(8-12)21-18(23)9-28-17/h2-8H,9-11H2,1H3,(H,20,24)(H,21,23). The van der Waals surface area contributed by atoms with E-state index in [1.165, 1.54) is 25.3 Å². The largest absolute Gasteiger partial charge is 0.497 e. The van der Waals surface area contributed by atoms with Crippen LogP contribution < -0.4 is 20.1 Å². The van der Waals surface area contributed by atoms with E-state index in [0.717, 1.165) is 0 Å². The Morgan fingerprint density at radius 1 is 1.14 bits per heavy atom. The van der Waals surface area contributed by atoms with E-state index in [4.69, 9.17) is 9.47 Å². The summed E-state index contributed by atoms with van der Waals surface area (Å²) in [5, 5.41) is 5.01. The molecule has 0 aliphatic carbocycles. The van der Waals surface area contributed by atoms with Crippen LogP contribution in [0.1, 0.15) is 10.4 Å². The molecule has 10 heteroatoms. The quantitative estimate of drug-likeness (QED) is 0.648. The van der Waals surface area contributed by atoms with Gasteiger partial charge < -0.3 is 20.1 Å². The fourth-order valence-corrected chi connectivity index (χ4v) is 3.80. The Hall–Kier alpha value is -3.40. The SMILES string of the molecule is COc1ccc(NC(=O)CS(=O)(=O)CC(=O)c2ccc3c(c2)NC(=O)CO3)cc1. The van der Waals surface area contributed by atoms with Crippen molar-refractivity contribution in [2.45, 2.75) is 0 Å². The minimum absolute atomic E-state index is 0.0914. The molecule has 0 unspecified atom stereocenters. The lowest BCUT2D eigenvalue weighted by Gasteiger charge is -2.18. The van der Waals surface area contributed by atoms with Crippen LogP contribution in [0.3, 0.4) is 0 Å². The first-order valence-corrected chi connectivity index (χ1v) is 10.3. The summed E-state index contributed by atoms with van der Waals surface area (Å²) < 4.78 is 34.7. The molecule has 29 heavy (non-hydrogen) atoms. The van der Waals surface area contributed by atoms with Crippen molar-refractivity contribution in [3.8, 4) is 11.5 Å². The average Bonchev–Trinajstić information content (AvgIpc) is 2.67. The second-order valence-corrected chi connectivity index (χ2v) is 8.34. The van der Waals surface area contributed by atoms with Gasteiger partial charge in [0.25, 0.3) is 5.91 Å². The van der Waals surface area contributed by atoms with Crippen LogP contribution in [0, 0.1) is 0 Å². The predicted molar refractivity (Wildman–Crippen MR) is 105 cm³/mol. The zero-order valence-corrected chi connectivity index (χ0v) is 16.2. The monoisotopic (exact) mass is 418 g/mol. The van der Waals surface area contributed by atoms with Crippen molar-refractivity contribution in [1.29, 1.82) is 0 Å². The molecule has 0 radical (unpaired) electrons. The van der Waals surface area contributed by atoms with Gasteiger partial charge in [0.1, 0.15) is 23.0 Å². The number of ketones is 1. The Morgan fingerprint density at radius 2 is 1.86 bits per heavy atom. The minimum Gasteiger partial charge on any atom is -0.497 e. The number of hydrogen-bond donors (Lipinski definition) is 2. The first kappa shape index (κ1) is 20.3. The number of nitrogens with one attached hydrogen (secondary N) is 2. The van der Waals surface area contributed by atoms with Gasteiger partial charge in [-0.3, -0.25) is 14.4 Å². The molecule has 1 aliphatic heterocycles. The van der Waals surface area contributed by atoms with Crippen LogP contribution >= 0.6 is 0 Å². The third-order valence-corrected chi connectivity index (χ3v) is 5.41. The highest BCUT2D eigenvalue weighted by Crippen LogP contribution is 2.28. The van der Waals surface area contributed by atoms with Gasteiger partial charge in [0.15, 0.2) is 22.2 Å². The van der Waals surface area contributed by atoms with E-state index in [0.29, 0.717) is 22.9 Å². The van der Waals surface area contributed by atoms with Crippen molar-refractivity contribution in [3.05, 3.63) is 48.0 Å². The number of carbonyl (C=O) groups excluding carboxylic acids is 3. The molecule has 0 spiro atoms. The Bertz CT molecular complexity index is 1060. The fourth-order valence-electron chi connectivity index (χ4n) is 2.66. The molecule has 0 saturated heterocycles. The maximum atomic E-state index is 12.4. The van der Waals surface area contributed by atoms with Gasteiger partial charge in [0.05, 0.1) is 12.8 Å². The molecule has 152 valence electrons. The number of anilines is 2. The maximum Gasteiger partial charge on any atom is 0.262 e. The molecule has 9 nitrogen and oxygen atoms in total. The van der Waals surface area contributed by atoms with Gasteiger partial charge >= 0.3 is 0 Å². The lowest BCUT2D eigenvalue weighted by Crippen LogP contribution is -2.28. The maximum absolute atomic E-state index is 12.4. The molecule has 2 N–H and O–H groups in total. The van der Waals surface area contributed by atoms with Crippen molar-refractivity contribution in [2.24, 2.45) is 0 Å². The molecule has 2 amide bonds. The predicted octanol–water partition coefficient (Wildman–Crippen LogP) is 1.26. The molecule has 0 aromatic heterocycles. The number of hydrogen-bond acceptors (Lipinski definition) is 7. The second kappa shape index (κ2) is 8.31. The summed E-state index contributed by atoms with van der Waals surface area (Å²) >= 11 is 0. The summed E-state index contributed by atoms with van der Waals surface area (Å²) in [6.07, 6.45) is 0. The molecule has 0 bridgehead atoms. The number of fused-ring (bicyclic) bond motifs is 1. The van der Waals surface area contributed by atoms with Crippen molar-refractivity contribution >= 4 is 38.8 Å². The average molecular weight is 418 g/mol. The van der Waals surface area contributed by atoms with E-state index in [2.05, 4.69) is 10.6 Å². The molecule has 3 rings (SSSR count). The van der Waals surface area contributed by atoms with Crippen molar-refractivity contribution in [2.75, 3.05) is 35.9 Å². The van der Waals surface area contributed by atoms with E-state index < -0.39 is 33.0 Å². The molecule has 0 atom stereocenters. The van der Waals surface area contributed by atoms with E-state index >= 15 is 0 Å². The zero-order chi connectivity index (χ0) is 21.0. The molecule has 2 aromatic carbocycles. The first-order chi connectivity index (χ1) is 13.8. The lowest BCUT2D eigenvalue weighted by atomic mass is 10.1. The second-order valence-electron chi connectivity index (χ2n) is 6.28. The van der Waals surface area contributed by atoms with Gasteiger partial charge in [-0.1, -0.05) is 0 Å². The van der Waals surface area contributed by atoms with Gasteiger partial charge in [0.2, 0.25) is 5.91 Å². The molecule has 2 aromatic rings. The summed E-state index contributed by atoms with van der Waals surface area (Å²) in [6, 6.07) is 10.6. The molecule has 1 aliphatic rings. The van der Waals surface area contributed by atoms with Gasteiger partial charge in [-0.25, -0.2) is 8.42 Å². The van der Waals surface area contributed by atoms with Gasteiger partial charge in [-0.15, -0.1) is 0 Å². The van der Waals surface area contributed by atoms with E-state index in [1.54, 1.807) is 24.3 Å². The highest BCUT2D eigenvalue weighted by Gasteiger charge is 2.24. The number of rotatable bonds is 7. The van der Waals surface area contributed by atoms with Crippen LogP contribution in [0.4, 0.5) is 11.4 Å². The number of amides is 2. The van der Waals surface area contributed by atoms with Gasteiger partial charge in [0, 0.05) is 11.3 Å². The van der Waals surface area contributed by atoms with Crippen LogP contribution in [0.5, 0.6) is 11.5 Å². The van der Waals surface area contributed by atoms with Gasteiger partial charge in [-0.05, 0) is 42.5 Å². The molecule has 0 saturated carbocycles. The summed E-state index contributed by atoms with van der Waals surface area (Å²) in [4.78, 5) is 35.8. The number of sulfone groups is 1. The summed E-state index contributed by atoms with van der Waals surface area (Å²) in [5.74, 6) is -2.51. The summed E-state index contributed by atoms with van der Waals surface area (Å²) in [6.45, 7) is -0.127. The Morgan fingerprint density at radius 3 is 2.55 bits per heavy atom. The first-order valence-electron chi connectivity index (χ1n) is 8.50. The Balaban J connectivity index is 1.62. The third kappa shape index (κ3) is 5.32. The third-order valence-electron chi connectivity index (χ3n) is 4.01. The highest BCUT2D eigenvalue weighted by atomic mass is 32.2. The number of Topliss-reactive ketones (excluding diaryl/α,β-unsaturated/α-hetero) is 1. The number of methoxy groups -OCH3 is 1. The van der Waals surface area contributed by atoms with Gasteiger partial charge in [-0.2, -0.15) is 0 Å². The van der Waals surface area contributed by atoms with E-state index in [1.807, 2.05) is 0 Å². The van der Waals surface area contributed by atoms with E-state index in [-0.39, 0.29) is 18.1 Å². The van der Waals surface area contributed by atoms with Crippen LogP contribution in [-0.4, -0.2) is 51.2 Å². The van der Waals surface area contributed by atoms with E-state index in [9.17, 15) is 22.8 Å². The normalized spacial score (nSPS) is 12.9. The molecule has 1 heterocycles. The van der Waals surface area contributed by atoms with Crippen molar-refractivity contribution in [1.82, 2.24) is 0 Å². The zero-order valence-electron chi connectivity index (χ0n) is 15.4. The van der Waals surface area contributed by atoms with Crippen LogP contribution in [0.15, 0.2) is 42.5 Å². The summed E-state index contributed by atoms with van der Waals surface area (Å²) in [7, 11) is -2.50. The number of ether oxygens (including phenoxy) is 2. The molecular weight excluding hydrogens is 400 g/mol. The van der Waals surface area contributed by atoms with Crippen LogP contribution in [-0.2, 0) is 19.4 Å². The molecule has 0 fully saturated rings. The Kier molecular flexibility index (Phi) is 5.83. The smallest absolute Gasteiger partial charge is 0.262 e. The topological polar surface area (TPSA) is 128 Å². The number of carbonyl (C=O) groups is 3. The van der Waals surface area contributed by atoms with Crippen molar-refractivity contribution in [3.63, 3.8) is 0 Å². The Labute approximate surface area is 166 Å². The highest BCUT2D eigenvalue weighted by molar-refractivity contribution is 7.92. The minimum atomic E-state index is -4.00. The summed E-state index contributed by atoms with van der Waals surface area (Å²) in [5.41, 5.74) is 0.790. The van der Waals surface area contributed by atoms with Crippen LogP contribution in [0.25, 0.3) is 0 Å².